The standard InChI is InChI=1S/C9H19NO4/c1-5-7(11)6(10(2)3)8(12)9(13-4)14-5/h5-9,11-12H,1-4H3/t5-,6+,7-,8-,9+/m0/s1. The maximum absolute atomic E-state index is 9.84. The van der Waals surface area contributed by atoms with Gasteiger partial charge in [0.15, 0.2) is 6.29 Å². The molecule has 1 rings (SSSR count). The van der Waals surface area contributed by atoms with Gasteiger partial charge in [-0.05, 0) is 21.0 Å². The molecule has 0 aromatic rings. The summed E-state index contributed by atoms with van der Waals surface area (Å²) in [4.78, 5) is 1.78. The van der Waals surface area contributed by atoms with Crippen molar-refractivity contribution in [3.05, 3.63) is 0 Å². The summed E-state index contributed by atoms with van der Waals surface area (Å²) in [6.45, 7) is 1.76. The Morgan fingerprint density at radius 2 is 1.79 bits per heavy atom. The van der Waals surface area contributed by atoms with Gasteiger partial charge in [-0.3, -0.25) is 0 Å². The topological polar surface area (TPSA) is 62.2 Å². The van der Waals surface area contributed by atoms with Crippen LogP contribution in [-0.2, 0) is 9.47 Å². The smallest absolute Gasteiger partial charge is 0.185 e. The molecule has 0 amide bonds. The number of nitrogens with zero attached hydrogens (tertiary/aromatic N) is 1. The van der Waals surface area contributed by atoms with Gasteiger partial charge in [0.1, 0.15) is 6.10 Å². The molecule has 14 heavy (non-hydrogen) atoms. The molecule has 1 aliphatic heterocycles. The second-order valence-corrected chi connectivity index (χ2v) is 3.88. The van der Waals surface area contributed by atoms with E-state index in [9.17, 15) is 10.2 Å². The second kappa shape index (κ2) is 4.55. The Labute approximate surface area is 84.2 Å². The van der Waals surface area contributed by atoms with Crippen molar-refractivity contribution in [2.75, 3.05) is 21.2 Å². The lowest BCUT2D eigenvalue weighted by atomic mass is 9.96. The van der Waals surface area contributed by atoms with E-state index in [0.29, 0.717) is 0 Å². The van der Waals surface area contributed by atoms with E-state index in [2.05, 4.69) is 0 Å². The number of aliphatic hydroxyl groups excluding tert-OH is 2. The lowest BCUT2D eigenvalue weighted by molar-refractivity contribution is -0.272. The van der Waals surface area contributed by atoms with Crippen molar-refractivity contribution in [3.63, 3.8) is 0 Å². The first kappa shape index (κ1) is 11.9. The van der Waals surface area contributed by atoms with Crippen LogP contribution >= 0.6 is 0 Å². The first-order chi connectivity index (χ1) is 6.49. The van der Waals surface area contributed by atoms with Crippen molar-refractivity contribution in [1.29, 1.82) is 0 Å². The molecule has 5 nitrogen and oxygen atoms in total. The zero-order valence-electron chi connectivity index (χ0n) is 9.04. The summed E-state index contributed by atoms with van der Waals surface area (Å²) in [7, 11) is 5.09. The van der Waals surface area contributed by atoms with E-state index in [-0.39, 0.29) is 12.1 Å². The highest BCUT2D eigenvalue weighted by atomic mass is 16.7. The number of methoxy groups -OCH3 is 1. The van der Waals surface area contributed by atoms with E-state index >= 15 is 0 Å². The number of likely N-dealkylation sites (N-methyl/N-ethyl adjacent to an activating group) is 1. The van der Waals surface area contributed by atoms with E-state index in [1.54, 1.807) is 11.8 Å². The molecule has 1 fully saturated rings. The molecule has 5 heteroatoms. The Morgan fingerprint density at radius 1 is 1.21 bits per heavy atom. The van der Waals surface area contributed by atoms with Crippen LogP contribution in [0.2, 0.25) is 0 Å². The number of hydrogen-bond donors (Lipinski definition) is 2. The molecule has 0 saturated carbocycles. The highest BCUT2D eigenvalue weighted by Gasteiger charge is 2.43. The molecule has 84 valence electrons. The predicted molar refractivity (Wildman–Crippen MR) is 50.8 cm³/mol. The summed E-state index contributed by atoms with van der Waals surface area (Å²) in [5, 5.41) is 19.6. The normalized spacial score (nSPS) is 44.4. The van der Waals surface area contributed by atoms with Crippen LogP contribution in [0.4, 0.5) is 0 Å². The van der Waals surface area contributed by atoms with E-state index in [0.717, 1.165) is 0 Å². The molecule has 0 bridgehead atoms. The van der Waals surface area contributed by atoms with Gasteiger partial charge in [-0.15, -0.1) is 0 Å². The SMILES string of the molecule is CO[C@@H]1O[C@@H](C)[C@H](O)[C@@H](N(C)C)[C@@H]1O. The van der Waals surface area contributed by atoms with Gasteiger partial charge in [0.2, 0.25) is 0 Å². The van der Waals surface area contributed by atoms with Crippen LogP contribution in [0.5, 0.6) is 0 Å². The van der Waals surface area contributed by atoms with Crippen LogP contribution in [-0.4, -0.2) is 67.0 Å². The van der Waals surface area contributed by atoms with Crippen LogP contribution in [0.15, 0.2) is 0 Å². The molecule has 0 spiro atoms. The Hall–Kier alpha value is -0.200. The van der Waals surface area contributed by atoms with Gasteiger partial charge in [-0.25, -0.2) is 0 Å². The minimum Gasteiger partial charge on any atom is -0.389 e. The monoisotopic (exact) mass is 205 g/mol. The van der Waals surface area contributed by atoms with Crippen LogP contribution in [0.25, 0.3) is 0 Å². The van der Waals surface area contributed by atoms with Crippen molar-refractivity contribution in [2.45, 2.75) is 37.6 Å². The molecule has 1 heterocycles. The molecule has 1 saturated heterocycles. The van der Waals surface area contributed by atoms with E-state index in [1.165, 1.54) is 7.11 Å². The lowest BCUT2D eigenvalue weighted by Gasteiger charge is -2.43. The van der Waals surface area contributed by atoms with E-state index in [1.807, 2.05) is 14.1 Å². The maximum Gasteiger partial charge on any atom is 0.185 e. The average molecular weight is 205 g/mol. The largest absolute Gasteiger partial charge is 0.389 e. The molecule has 0 aromatic heterocycles. The van der Waals surface area contributed by atoms with Crippen LogP contribution in [0.3, 0.4) is 0 Å². The number of hydrogen-bond acceptors (Lipinski definition) is 5. The predicted octanol–water partition coefficient (Wildman–Crippen LogP) is -0.970. The third-order valence-electron chi connectivity index (χ3n) is 2.64. The number of rotatable bonds is 2. The minimum atomic E-state index is -0.832. The van der Waals surface area contributed by atoms with Crippen LogP contribution in [0, 0.1) is 0 Å². The highest BCUT2D eigenvalue weighted by Crippen LogP contribution is 2.23. The molecular formula is C9H19NO4. The van der Waals surface area contributed by atoms with E-state index in [4.69, 9.17) is 9.47 Å². The highest BCUT2D eigenvalue weighted by molar-refractivity contribution is 4.92. The average Bonchev–Trinajstić information content (AvgIpc) is 2.11. The fraction of sp³-hybridized carbons (Fsp3) is 1.00. The minimum absolute atomic E-state index is 0.337. The van der Waals surface area contributed by atoms with Crippen molar-refractivity contribution in [2.24, 2.45) is 0 Å². The van der Waals surface area contributed by atoms with Crippen LogP contribution in [0.1, 0.15) is 6.92 Å². The summed E-state index contributed by atoms with van der Waals surface area (Å²) in [5.41, 5.74) is 0. The molecule has 5 atom stereocenters. The summed E-state index contributed by atoms with van der Waals surface area (Å²) in [5.74, 6) is 0. The number of aliphatic hydroxyl groups is 2. The summed E-state index contributed by atoms with van der Waals surface area (Å²) >= 11 is 0. The molecule has 0 radical (unpaired) electrons. The van der Waals surface area contributed by atoms with Gasteiger partial charge >= 0.3 is 0 Å². The van der Waals surface area contributed by atoms with Gasteiger partial charge < -0.3 is 24.6 Å². The quantitative estimate of drug-likeness (QED) is 0.607. The molecule has 0 aromatic carbocycles. The summed E-state index contributed by atoms with van der Waals surface area (Å²) < 4.78 is 10.3. The zero-order valence-corrected chi connectivity index (χ0v) is 9.04. The van der Waals surface area contributed by atoms with Gasteiger partial charge in [0.25, 0.3) is 0 Å². The first-order valence-electron chi connectivity index (χ1n) is 4.70. The van der Waals surface area contributed by atoms with Crippen molar-refractivity contribution in [3.8, 4) is 0 Å². The van der Waals surface area contributed by atoms with Crippen molar-refractivity contribution in [1.82, 2.24) is 4.90 Å². The Kier molecular flexibility index (Phi) is 3.86. The Balaban J connectivity index is 2.78. The summed E-state index contributed by atoms with van der Waals surface area (Å²) in [6, 6.07) is -0.358. The Morgan fingerprint density at radius 3 is 2.21 bits per heavy atom. The lowest BCUT2D eigenvalue weighted by Crippen LogP contribution is -2.62. The molecule has 1 aliphatic rings. The van der Waals surface area contributed by atoms with Crippen LogP contribution < -0.4 is 0 Å². The van der Waals surface area contributed by atoms with Crippen molar-refractivity contribution >= 4 is 0 Å². The molecule has 2 N–H and O–H groups in total. The van der Waals surface area contributed by atoms with Gasteiger partial charge in [0, 0.05) is 7.11 Å². The van der Waals surface area contributed by atoms with Gasteiger partial charge in [-0.2, -0.15) is 0 Å². The fourth-order valence-electron chi connectivity index (χ4n) is 1.82. The van der Waals surface area contributed by atoms with Gasteiger partial charge in [-0.1, -0.05) is 0 Å². The Bertz CT molecular complexity index is 188. The van der Waals surface area contributed by atoms with Crippen molar-refractivity contribution < 1.29 is 19.7 Å². The number of ether oxygens (including phenoxy) is 2. The first-order valence-corrected chi connectivity index (χ1v) is 4.70. The summed E-state index contributed by atoms with van der Waals surface area (Å²) in [6.07, 6.45) is -2.54. The van der Waals surface area contributed by atoms with Gasteiger partial charge in [0.05, 0.1) is 18.2 Å². The molecular weight excluding hydrogens is 186 g/mol. The van der Waals surface area contributed by atoms with E-state index < -0.39 is 18.5 Å². The zero-order chi connectivity index (χ0) is 10.9. The molecule has 0 unspecified atom stereocenters. The third kappa shape index (κ3) is 2.07. The second-order valence-electron chi connectivity index (χ2n) is 3.88. The molecule has 0 aliphatic carbocycles. The fourth-order valence-corrected chi connectivity index (χ4v) is 1.82. The third-order valence-corrected chi connectivity index (χ3v) is 2.64. The maximum atomic E-state index is 9.84.